The molecule has 3 rings (SSSR count). The Labute approximate surface area is 171 Å². The Morgan fingerprint density at radius 2 is 1.82 bits per heavy atom. The third-order valence-electron chi connectivity index (χ3n) is 4.33. The summed E-state index contributed by atoms with van der Waals surface area (Å²) < 4.78 is 2.31. The molecule has 0 bridgehead atoms. The number of nitrogens with one attached hydrogen (secondary N) is 1. The zero-order valence-electron chi connectivity index (χ0n) is 15.5. The highest BCUT2D eigenvalue weighted by atomic mass is 35.5. The SMILES string of the molecule is CCCNC(=O)Cn1c(=O)n(-c2ccc(Cl)c(Cl)c2)c(=O)c2cc(C)ccc21. The first-order valence-corrected chi connectivity index (χ1v) is 9.57. The van der Waals surface area contributed by atoms with Crippen LogP contribution >= 0.6 is 23.2 Å². The Morgan fingerprint density at radius 3 is 2.50 bits per heavy atom. The Balaban J connectivity index is 2.29. The molecule has 0 aliphatic heterocycles. The zero-order valence-corrected chi connectivity index (χ0v) is 17.0. The zero-order chi connectivity index (χ0) is 20.4. The Kier molecular flexibility index (Phi) is 5.91. The highest BCUT2D eigenvalue weighted by Gasteiger charge is 2.17. The maximum Gasteiger partial charge on any atom is 0.336 e. The number of aryl methyl sites for hydroxylation is 1. The van der Waals surface area contributed by atoms with Gasteiger partial charge in [0.05, 0.1) is 26.6 Å². The van der Waals surface area contributed by atoms with E-state index < -0.39 is 11.2 Å². The summed E-state index contributed by atoms with van der Waals surface area (Å²) in [6.07, 6.45) is 0.781. The van der Waals surface area contributed by atoms with Crippen molar-refractivity contribution in [3.8, 4) is 5.69 Å². The molecule has 1 heterocycles. The van der Waals surface area contributed by atoms with Gasteiger partial charge < -0.3 is 5.32 Å². The molecule has 0 unspecified atom stereocenters. The third kappa shape index (κ3) is 3.84. The molecule has 146 valence electrons. The van der Waals surface area contributed by atoms with Crippen LogP contribution in [0.1, 0.15) is 18.9 Å². The molecule has 0 fully saturated rings. The minimum absolute atomic E-state index is 0.194. The molecule has 28 heavy (non-hydrogen) atoms. The second-order valence-electron chi connectivity index (χ2n) is 6.48. The molecule has 0 spiro atoms. The van der Waals surface area contributed by atoms with Crippen LogP contribution in [0.4, 0.5) is 0 Å². The fourth-order valence-electron chi connectivity index (χ4n) is 2.96. The molecule has 1 N–H and O–H groups in total. The van der Waals surface area contributed by atoms with Gasteiger partial charge in [0.15, 0.2) is 0 Å². The van der Waals surface area contributed by atoms with Crippen molar-refractivity contribution in [2.75, 3.05) is 6.54 Å². The first-order valence-electron chi connectivity index (χ1n) is 8.81. The van der Waals surface area contributed by atoms with E-state index in [0.29, 0.717) is 22.5 Å². The summed E-state index contributed by atoms with van der Waals surface area (Å²) in [4.78, 5) is 38.5. The van der Waals surface area contributed by atoms with Crippen molar-refractivity contribution in [2.24, 2.45) is 0 Å². The number of hydrogen-bond donors (Lipinski definition) is 1. The van der Waals surface area contributed by atoms with Crippen LogP contribution in [-0.2, 0) is 11.3 Å². The number of carbonyl (C=O) groups excluding carboxylic acids is 1. The third-order valence-corrected chi connectivity index (χ3v) is 5.07. The van der Waals surface area contributed by atoms with Gasteiger partial charge in [-0.3, -0.25) is 14.2 Å². The first kappa shape index (κ1) is 20.2. The second-order valence-corrected chi connectivity index (χ2v) is 7.29. The van der Waals surface area contributed by atoms with E-state index in [1.54, 1.807) is 24.3 Å². The second kappa shape index (κ2) is 8.20. The summed E-state index contributed by atoms with van der Waals surface area (Å²) in [6, 6.07) is 9.69. The van der Waals surface area contributed by atoms with Crippen molar-refractivity contribution < 1.29 is 4.79 Å². The number of hydrogen-bond acceptors (Lipinski definition) is 3. The maximum absolute atomic E-state index is 13.2. The number of nitrogens with zero attached hydrogens (tertiary/aromatic N) is 2. The lowest BCUT2D eigenvalue weighted by atomic mass is 10.1. The highest BCUT2D eigenvalue weighted by Crippen LogP contribution is 2.23. The average Bonchev–Trinajstić information content (AvgIpc) is 2.66. The lowest BCUT2D eigenvalue weighted by Gasteiger charge is -2.15. The van der Waals surface area contributed by atoms with Crippen LogP contribution in [0.15, 0.2) is 46.0 Å². The van der Waals surface area contributed by atoms with Gasteiger partial charge >= 0.3 is 5.69 Å². The van der Waals surface area contributed by atoms with Crippen molar-refractivity contribution in [2.45, 2.75) is 26.8 Å². The van der Waals surface area contributed by atoms with Gasteiger partial charge in [-0.15, -0.1) is 0 Å². The minimum atomic E-state index is -0.619. The van der Waals surface area contributed by atoms with Gasteiger partial charge in [0.1, 0.15) is 6.54 Å². The summed E-state index contributed by atoms with van der Waals surface area (Å²) in [5.41, 5.74) is 0.462. The van der Waals surface area contributed by atoms with E-state index in [1.807, 2.05) is 13.8 Å². The number of aromatic nitrogens is 2. The number of amides is 1. The summed E-state index contributed by atoms with van der Waals surface area (Å²) in [5.74, 6) is -0.301. The van der Waals surface area contributed by atoms with Crippen molar-refractivity contribution in [3.05, 3.63) is 72.8 Å². The first-order chi connectivity index (χ1) is 13.3. The van der Waals surface area contributed by atoms with Crippen molar-refractivity contribution in [1.29, 1.82) is 0 Å². The molecule has 2 aromatic carbocycles. The van der Waals surface area contributed by atoms with Crippen LogP contribution in [0.2, 0.25) is 10.0 Å². The summed E-state index contributed by atoms with van der Waals surface area (Å²) in [5, 5.41) is 3.63. The minimum Gasteiger partial charge on any atom is -0.355 e. The molecule has 0 radical (unpaired) electrons. The van der Waals surface area contributed by atoms with Crippen LogP contribution in [-0.4, -0.2) is 21.6 Å². The summed E-state index contributed by atoms with van der Waals surface area (Å²) in [7, 11) is 0. The van der Waals surface area contributed by atoms with E-state index >= 15 is 0 Å². The molecule has 6 nitrogen and oxygen atoms in total. The quantitative estimate of drug-likeness (QED) is 0.689. The molecule has 3 aromatic rings. The topological polar surface area (TPSA) is 73.1 Å². The number of carbonyl (C=O) groups is 1. The summed E-state index contributed by atoms with van der Waals surface area (Å²) >= 11 is 12.0. The van der Waals surface area contributed by atoms with E-state index in [0.717, 1.165) is 16.6 Å². The van der Waals surface area contributed by atoms with E-state index in [-0.39, 0.29) is 23.2 Å². The number of fused-ring (bicyclic) bond motifs is 1. The highest BCUT2D eigenvalue weighted by molar-refractivity contribution is 6.42. The smallest absolute Gasteiger partial charge is 0.336 e. The number of halogens is 2. The van der Waals surface area contributed by atoms with Crippen molar-refractivity contribution in [3.63, 3.8) is 0 Å². The Bertz CT molecular complexity index is 1180. The largest absolute Gasteiger partial charge is 0.355 e. The van der Waals surface area contributed by atoms with E-state index in [2.05, 4.69) is 5.32 Å². The molecular formula is C20H19Cl2N3O3. The molecule has 0 aliphatic rings. The predicted octanol–water partition coefficient (Wildman–Crippen LogP) is 3.29. The van der Waals surface area contributed by atoms with Gasteiger partial charge in [-0.1, -0.05) is 41.8 Å². The van der Waals surface area contributed by atoms with Crippen LogP contribution in [0, 0.1) is 6.92 Å². The lowest BCUT2D eigenvalue weighted by Crippen LogP contribution is -2.42. The van der Waals surface area contributed by atoms with Crippen LogP contribution in [0.5, 0.6) is 0 Å². The van der Waals surface area contributed by atoms with Gasteiger partial charge in [0, 0.05) is 6.54 Å². The maximum atomic E-state index is 13.2. The van der Waals surface area contributed by atoms with E-state index in [9.17, 15) is 14.4 Å². The Morgan fingerprint density at radius 1 is 1.07 bits per heavy atom. The predicted molar refractivity (Wildman–Crippen MR) is 112 cm³/mol. The molecular weight excluding hydrogens is 401 g/mol. The van der Waals surface area contributed by atoms with Crippen LogP contribution in [0.3, 0.4) is 0 Å². The molecule has 8 heteroatoms. The fourth-order valence-corrected chi connectivity index (χ4v) is 3.25. The van der Waals surface area contributed by atoms with Crippen molar-refractivity contribution in [1.82, 2.24) is 14.5 Å². The fraction of sp³-hybridized carbons (Fsp3) is 0.250. The van der Waals surface area contributed by atoms with E-state index in [4.69, 9.17) is 23.2 Å². The Hall–Kier alpha value is -2.57. The molecule has 0 saturated carbocycles. The molecule has 0 atom stereocenters. The van der Waals surface area contributed by atoms with Gasteiger partial charge in [-0.25, -0.2) is 9.36 Å². The van der Waals surface area contributed by atoms with Gasteiger partial charge in [0.25, 0.3) is 5.56 Å². The van der Waals surface area contributed by atoms with Crippen LogP contribution in [0.25, 0.3) is 16.6 Å². The normalized spacial score (nSPS) is 11.0. The molecule has 1 aromatic heterocycles. The van der Waals surface area contributed by atoms with Crippen LogP contribution < -0.4 is 16.6 Å². The van der Waals surface area contributed by atoms with Gasteiger partial charge in [-0.05, 0) is 43.7 Å². The monoisotopic (exact) mass is 419 g/mol. The van der Waals surface area contributed by atoms with Crippen molar-refractivity contribution >= 4 is 40.0 Å². The summed E-state index contributed by atoms with van der Waals surface area (Å²) in [6.45, 7) is 4.11. The number of benzene rings is 2. The molecule has 0 aliphatic carbocycles. The van der Waals surface area contributed by atoms with E-state index in [1.165, 1.54) is 16.7 Å². The van der Waals surface area contributed by atoms with Gasteiger partial charge in [0.2, 0.25) is 5.91 Å². The lowest BCUT2D eigenvalue weighted by molar-refractivity contribution is -0.121. The average molecular weight is 420 g/mol. The standard InChI is InChI=1S/C20H19Cl2N3O3/c1-3-8-23-18(26)11-24-17-7-4-12(2)9-14(17)19(27)25(20(24)28)13-5-6-15(21)16(22)10-13/h4-7,9-10H,3,8,11H2,1-2H3,(H,23,26). The number of rotatable bonds is 5. The van der Waals surface area contributed by atoms with Gasteiger partial charge in [-0.2, -0.15) is 0 Å². The molecule has 1 amide bonds. The molecule has 0 saturated heterocycles.